The number of hydrogen-bond donors (Lipinski definition) is 1. The molecule has 5 rings (SSSR count). The fourth-order valence-electron chi connectivity index (χ4n) is 4.68. The summed E-state index contributed by atoms with van der Waals surface area (Å²) < 4.78 is 7.06. The van der Waals surface area contributed by atoms with Gasteiger partial charge in [0.25, 0.3) is 5.56 Å². The fourth-order valence-corrected chi connectivity index (χ4v) is 4.68. The van der Waals surface area contributed by atoms with Gasteiger partial charge in [0, 0.05) is 66.9 Å². The third-order valence-electron chi connectivity index (χ3n) is 6.58. The molecule has 0 unspecified atom stereocenters. The van der Waals surface area contributed by atoms with Crippen molar-refractivity contribution in [2.45, 2.75) is 12.8 Å². The molecule has 4 aromatic rings. The van der Waals surface area contributed by atoms with Crippen molar-refractivity contribution in [1.82, 2.24) is 14.5 Å². The molecule has 3 heterocycles. The van der Waals surface area contributed by atoms with Crippen molar-refractivity contribution in [2.75, 3.05) is 44.7 Å². The summed E-state index contributed by atoms with van der Waals surface area (Å²) in [5.74, 6) is 0.906. The number of methoxy groups -OCH3 is 1. The summed E-state index contributed by atoms with van der Waals surface area (Å²) in [6.45, 7) is 5.30. The van der Waals surface area contributed by atoms with Gasteiger partial charge in [0.05, 0.1) is 7.11 Å². The second-order valence-corrected chi connectivity index (χ2v) is 8.58. The Morgan fingerprint density at radius 3 is 2.48 bits per heavy atom. The molecule has 0 amide bonds. The van der Waals surface area contributed by atoms with Gasteiger partial charge < -0.3 is 14.6 Å². The number of anilines is 1. The number of pyridine rings is 1. The van der Waals surface area contributed by atoms with Crippen LogP contribution in [0, 0.1) is 0 Å². The molecule has 1 N–H and O–H groups in total. The van der Waals surface area contributed by atoms with Crippen LogP contribution in [0.15, 0.2) is 77.9 Å². The lowest BCUT2D eigenvalue weighted by Gasteiger charge is -2.36. The first kappa shape index (κ1) is 21.3. The maximum absolute atomic E-state index is 12.0. The predicted molar refractivity (Wildman–Crippen MR) is 134 cm³/mol. The van der Waals surface area contributed by atoms with Crippen molar-refractivity contribution in [3.8, 4) is 11.4 Å². The average Bonchev–Trinajstić information content (AvgIpc) is 3.27. The first-order valence-electron chi connectivity index (χ1n) is 11.6. The molecule has 1 fully saturated rings. The van der Waals surface area contributed by atoms with E-state index in [0.29, 0.717) is 0 Å². The number of aromatic amines is 1. The van der Waals surface area contributed by atoms with Crippen molar-refractivity contribution in [3.05, 3.63) is 89.0 Å². The summed E-state index contributed by atoms with van der Waals surface area (Å²) in [5, 5.41) is 1.26. The second-order valence-electron chi connectivity index (χ2n) is 8.58. The van der Waals surface area contributed by atoms with E-state index >= 15 is 0 Å². The van der Waals surface area contributed by atoms with E-state index in [2.05, 4.69) is 45.2 Å². The van der Waals surface area contributed by atoms with E-state index in [1.165, 1.54) is 22.2 Å². The number of H-pyrrole nitrogens is 1. The Morgan fingerprint density at radius 2 is 1.73 bits per heavy atom. The lowest BCUT2D eigenvalue weighted by molar-refractivity contribution is 0.255. The fraction of sp³-hybridized carbons (Fsp3) is 0.296. The zero-order valence-corrected chi connectivity index (χ0v) is 19.0. The number of aryl methyl sites for hydroxylation is 1. The first-order valence-corrected chi connectivity index (χ1v) is 11.6. The number of rotatable bonds is 7. The van der Waals surface area contributed by atoms with Crippen molar-refractivity contribution in [3.63, 3.8) is 0 Å². The molecule has 0 bridgehead atoms. The number of fused-ring (bicyclic) bond motifs is 1. The van der Waals surface area contributed by atoms with E-state index < -0.39 is 0 Å². The number of benzene rings is 2. The van der Waals surface area contributed by atoms with Gasteiger partial charge >= 0.3 is 0 Å². The Morgan fingerprint density at radius 1 is 0.939 bits per heavy atom. The quantitative estimate of drug-likeness (QED) is 0.469. The molecule has 0 atom stereocenters. The molecule has 0 radical (unpaired) electrons. The minimum atomic E-state index is -0.00867. The van der Waals surface area contributed by atoms with Crippen LogP contribution in [0.4, 0.5) is 5.69 Å². The van der Waals surface area contributed by atoms with E-state index in [0.717, 1.165) is 57.0 Å². The third-order valence-corrected chi connectivity index (χ3v) is 6.58. The highest BCUT2D eigenvalue weighted by atomic mass is 16.5. The monoisotopic (exact) mass is 442 g/mol. The Bertz CT molecular complexity index is 1270. The first-order chi connectivity index (χ1) is 16.2. The van der Waals surface area contributed by atoms with Crippen molar-refractivity contribution in [2.24, 2.45) is 0 Å². The van der Waals surface area contributed by atoms with Crippen molar-refractivity contribution >= 4 is 16.6 Å². The molecule has 6 nitrogen and oxygen atoms in total. The third kappa shape index (κ3) is 4.66. The minimum absolute atomic E-state index is 0.00867. The van der Waals surface area contributed by atoms with Gasteiger partial charge in [-0.15, -0.1) is 0 Å². The lowest BCUT2D eigenvalue weighted by Crippen LogP contribution is -2.46. The minimum Gasteiger partial charge on any atom is -0.497 e. The van der Waals surface area contributed by atoms with E-state index in [1.807, 2.05) is 30.5 Å². The Hall–Kier alpha value is -3.51. The average molecular weight is 443 g/mol. The van der Waals surface area contributed by atoms with Crippen molar-refractivity contribution in [1.29, 1.82) is 0 Å². The van der Waals surface area contributed by atoms with Gasteiger partial charge in [0.15, 0.2) is 0 Å². The van der Waals surface area contributed by atoms with Crippen LogP contribution >= 0.6 is 0 Å². The molecule has 170 valence electrons. The van der Waals surface area contributed by atoms with Crippen LogP contribution < -0.4 is 15.2 Å². The van der Waals surface area contributed by atoms with E-state index in [-0.39, 0.29) is 5.56 Å². The molecule has 0 spiro atoms. The van der Waals surface area contributed by atoms with Gasteiger partial charge in [-0.1, -0.05) is 6.07 Å². The highest BCUT2D eigenvalue weighted by Gasteiger charge is 2.17. The van der Waals surface area contributed by atoms with Gasteiger partial charge in [-0.3, -0.25) is 14.3 Å². The van der Waals surface area contributed by atoms with Crippen LogP contribution in [-0.2, 0) is 6.42 Å². The van der Waals surface area contributed by atoms with Crippen LogP contribution in [0.1, 0.15) is 12.0 Å². The molecule has 1 aliphatic rings. The Balaban J connectivity index is 1.13. The normalized spacial score (nSPS) is 14.6. The maximum Gasteiger partial charge on any atom is 0.255 e. The molecule has 6 heteroatoms. The molecule has 1 saturated heterocycles. The van der Waals surface area contributed by atoms with Crippen LogP contribution in [0.2, 0.25) is 0 Å². The topological polar surface area (TPSA) is 53.5 Å². The van der Waals surface area contributed by atoms with Crippen LogP contribution in [0.3, 0.4) is 0 Å². The summed E-state index contributed by atoms with van der Waals surface area (Å²) in [7, 11) is 1.71. The SMILES string of the molecule is COc1ccc2[nH]cc(CCCN3CCN(c4ccc(-n5ccccc5=O)cc4)CC3)c2c1. The van der Waals surface area contributed by atoms with Gasteiger partial charge in [-0.05, 0) is 73.5 Å². The number of nitrogens with zero attached hydrogens (tertiary/aromatic N) is 3. The zero-order chi connectivity index (χ0) is 22.6. The molecule has 1 aliphatic heterocycles. The van der Waals surface area contributed by atoms with E-state index in [9.17, 15) is 4.79 Å². The number of piperazine rings is 1. The molecule has 2 aromatic heterocycles. The van der Waals surface area contributed by atoms with Gasteiger partial charge in [-0.2, -0.15) is 0 Å². The van der Waals surface area contributed by atoms with Crippen LogP contribution in [0.5, 0.6) is 5.75 Å². The summed E-state index contributed by atoms with van der Waals surface area (Å²) >= 11 is 0. The number of nitrogens with one attached hydrogen (secondary N) is 1. The maximum atomic E-state index is 12.0. The van der Waals surface area contributed by atoms with Crippen molar-refractivity contribution < 1.29 is 4.74 Å². The molecular formula is C27H30N4O2. The van der Waals surface area contributed by atoms with Gasteiger partial charge in [0.1, 0.15) is 5.75 Å². The Labute approximate surface area is 194 Å². The summed E-state index contributed by atoms with van der Waals surface area (Å²) in [4.78, 5) is 20.4. The van der Waals surface area contributed by atoms with Gasteiger partial charge in [-0.25, -0.2) is 0 Å². The smallest absolute Gasteiger partial charge is 0.255 e. The number of hydrogen-bond acceptors (Lipinski definition) is 4. The summed E-state index contributed by atoms with van der Waals surface area (Å²) in [6, 6.07) is 19.7. The zero-order valence-electron chi connectivity index (χ0n) is 19.0. The Kier molecular flexibility index (Phi) is 6.17. The molecule has 0 aliphatic carbocycles. The largest absolute Gasteiger partial charge is 0.497 e. The summed E-state index contributed by atoms with van der Waals surface area (Å²) in [6.07, 6.45) is 6.15. The molecule has 33 heavy (non-hydrogen) atoms. The standard InChI is InChI=1S/C27H30N4O2/c1-33-24-11-12-26-25(19-24)21(20-28-26)5-4-13-29-15-17-30(18-16-29)22-7-9-23(10-8-22)31-14-3-2-6-27(31)32/h2-3,6-12,14,19-20,28H,4-5,13,15-18H2,1H3. The van der Waals surface area contributed by atoms with Gasteiger partial charge in [0.2, 0.25) is 0 Å². The van der Waals surface area contributed by atoms with Crippen LogP contribution in [0.25, 0.3) is 16.6 Å². The predicted octanol–water partition coefficient (Wildman–Crippen LogP) is 4.08. The molecular weight excluding hydrogens is 412 g/mol. The highest BCUT2D eigenvalue weighted by Crippen LogP contribution is 2.25. The number of ether oxygens (including phenoxy) is 1. The number of aromatic nitrogens is 2. The highest BCUT2D eigenvalue weighted by molar-refractivity contribution is 5.84. The summed E-state index contributed by atoms with van der Waals surface area (Å²) in [5.41, 5.74) is 4.64. The van der Waals surface area contributed by atoms with E-state index in [4.69, 9.17) is 4.74 Å². The lowest BCUT2D eigenvalue weighted by atomic mass is 10.1. The molecule has 2 aromatic carbocycles. The second kappa shape index (κ2) is 9.55. The van der Waals surface area contributed by atoms with Crippen LogP contribution in [-0.4, -0.2) is 54.3 Å². The molecule has 0 saturated carbocycles. The van der Waals surface area contributed by atoms with E-state index in [1.54, 1.807) is 23.8 Å².